The number of aliphatic hydroxyl groups is 1. The number of aliphatic hydroxyl groups excluding tert-OH is 1. The molecule has 0 aliphatic rings. The summed E-state index contributed by atoms with van der Waals surface area (Å²) in [5.41, 5.74) is 0. The van der Waals surface area contributed by atoms with Gasteiger partial charge in [0.1, 0.15) is 19.8 Å². The van der Waals surface area contributed by atoms with Gasteiger partial charge in [-0.3, -0.25) is 0 Å². The molecule has 0 saturated heterocycles. The van der Waals surface area contributed by atoms with E-state index in [0.29, 0.717) is 0 Å². The molecular formula is C7H14O7. The molecule has 0 aromatic rings. The first-order chi connectivity index (χ1) is 6.63. The number of hydrogen-bond donors (Lipinski definition) is 2. The first-order valence-corrected chi connectivity index (χ1v) is 4.01. The summed E-state index contributed by atoms with van der Waals surface area (Å²) in [5.74, 6) is -1.11. The molecule has 7 nitrogen and oxygen atoms in total. The number of hydrogen-bond acceptors (Lipinski definition) is 6. The van der Waals surface area contributed by atoms with Crippen LogP contribution in [-0.2, 0) is 24.3 Å². The van der Waals surface area contributed by atoms with E-state index >= 15 is 0 Å². The molecule has 84 valence electrons. The van der Waals surface area contributed by atoms with Crippen molar-refractivity contribution in [2.75, 3.05) is 26.4 Å². The molecule has 14 heavy (non-hydrogen) atoms. The normalized spacial score (nSPS) is 12.7. The molecule has 2 N–H and O–H groups in total. The Hall–Kier alpha value is -0.730. The standard InChI is InChI=1S/C7H14O7/c1-6(8)4-13-11-2-3-12-14-5-7(9)10/h6,8H,2-5H2,1H3,(H,9,10). The van der Waals surface area contributed by atoms with Gasteiger partial charge in [0.05, 0.1) is 6.10 Å². The average molecular weight is 210 g/mol. The third kappa shape index (κ3) is 11.3. The maximum atomic E-state index is 9.92. The molecule has 0 amide bonds. The lowest BCUT2D eigenvalue weighted by molar-refractivity contribution is -0.343. The van der Waals surface area contributed by atoms with E-state index in [1.54, 1.807) is 6.92 Å². The fourth-order valence-corrected chi connectivity index (χ4v) is 0.425. The Bertz CT molecular complexity index is 147. The van der Waals surface area contributed by atoms with Crippen LogP contribution in [0.4, 0.5) is 0 Å². The smallest absolute Gasteiger partial charge is 0.333 e. The summed E-state index contributed by atoms with van der Waals surface area (Å²) in [7, 11) is 0. The second kappa shape index (κ2) is 8.85. The Kier molecular flexibility index (Phi) is 8.39. The van der Waals surface area contributed by atoms with Gasteiger partial charge in [0, 0.05) is 0 Å². The molecule has 0 radical (unpaired) electrons. The second-order valence-corrected chi connectivity index (χ2v) is 2.43. The number of carboxylic acid groups (broad SMARTS) is 1. The highest BCUT2D eigenvalue weighted by atomic mass is 17.2. The third-order valence-corrected chi connectivity index (χ3v) is 0.908. The molecule has 1 atom stereocenters. The van der Waals surface area contributed by atoms with Gasteiger partial charge in [-0.1, -0.05) is 0 Å². The van der Waals surface area contributed by atoms with E-state index in [1.165, 1.54) is 0 Å². The van der Waals surface area contributed by atoms with Crippen molar-refractivity contribution >= 4 is 5.97 Å². The quantitative estimate of drug-likeness (QED) is 0.296. The Morgan fingerprint density at radius 3 is 2.29 bits per heavy atom. The van der Waals surface area contributed by atoms with Crippen LogP contribution in [0.25, 0.3) is 0 Å². The van der Waals surface area contributed by atoms with Crippen LogP contribution in [0.2, 0.25) is 0 Å². The number of rotatable bonds is 9. The summed E-state index contributed by atoms with van der Waals surface area (Å²) >= 11 is 0. The highest BCUT2D eigenvalue weighted by Crippen LogP contribution is 1.86. The molecule has 0 aliphatic carbocycles. The minimum absolute atomic E-state index is 0.0487. The summed E-state index contributed by atoms with van der Waals surface area (Å²) < 4.78 is 0. The molecule has 0 spiro atoms. The predicted octanol–water partition coefficient (Wildman–Crippen LogP) is -0.652. The summed E-state index contributed by atoms with van der Waals surface area (Å²) in [6, 6.07) is 0. The van der Waals surface area contributed by atoms with Crippen LogP contribution in [0.1, 0.15) is 6.92 Å². The molecule has 0 bridgehead atoms. The summed E-state index contributed by atoms with van der Waals surface area (Å²) in [6.45, 7) is 1.24. The Balaban J connectivity index is 2.96. The molecule has 0 aliphatic heterocycles. The predicted molar refractivity (Wildman–Crippen MR) is 43.1 cm³/mol. The number of carbonyl (C=O) groups is 1. The third-order valence-electron chi connectivity index (χ3n) is 0.908. The summed E-state index contributed by atoms with van der Waals surface area (Å²) in [4.78, 5) is 27.6. The van der Waals surface area contributed by atoms with Crippen LogP contribution in [0, 0.1) is 0 Å². The van der Waals surface area contributed by atoms with Crippen LogP contribution < -0.4 is 0 Å². The van der Waals surface area contributed by atoms with E-state index in [-0.39, 0.29) is 19.8 Å². The van der Waals surface area contributed by atoms with Gasteiger partial charge in [0.15, 0.2) is 6.61 Å². The zero-order chi connectivity index (χ0) is 10.8. The number of aliphatic carboxylic acids is 1. The first-order valence-electron chi connectivity index (χ1n) is 4.01. The van der Waals surface area contributed by atoms with E-state index in [0.717, 1.165) is 0 Å². The molecule has 0 aromatic carbocycles. The van der Waals surface area contributed by atoms with E-state index in [2.05, 4.69) is 19.6 Å². The molecule has 0 heterocycles. The van der Waals surface area contributed by atoms with E-state index in [9.17, 15) is 4.79 Å². The van der Waals surface area contributed by atoms with Crippen molar-refractivity contribution in [3.63, 3.8) is 0 Å². The summed E-state index contributed by atoms with van der Waals surface area (Å²) in [6.07, 6.45) is -0.598. The van der Waals surface area contributed by atoms with E-state index < -0.39 is 18.7 Å². The SMILES string of the molecule is CC(O)COOCCOOCC(=O)O. The fourth-order valence-electron chi connectivity index (χ4n) is 0.425. The minimum Gasteiger partial charge on any atom is -0.479 e. The lowest BCUT2D eigenvalue weighted by atomic mass is 10.5. The van der Waals surface area contributed by atoms with Gasteiger partial charge in [-0.25, -0.2) is 24.3 Å². The highest BCUT2D eigenvalue weighted by molar-refractivity contribution is 5.67. The van der Waals surface area contributed by atoms with Crippen LogP contribution in [-0.4, -0.2) is 48.7 Å². The molecule has 0 aromatic heterocycles. The van der Waals surface area contributed by atoms with E-state index in [4.69, 9.17) is 10.2 Å². The van der Waals surface area contributed by atoms with E-state index in [1.807, 2.05) is 0 Å². The lowest BCUT2D eigenvalue weighted by Crippen LogP contribution is -2.14. The van der Waals surface area contributed by atoms with Crippen molar-refractivity contribution in [2.24, 2.45) is 0 Å². The zero-order valence-electron chi connectivity index (χ0n) is 7.84. The zero-order valence-corrected chi connectivity index (χ0v) is 7.84. The summed E-state index contributed by atoms with van der Waals surface area (Å²) in [5, 5.41) is 16.9. The molecule has 0 fully saturated rings. The van der Waals surface area contributed by atoms with Crippen LogP contribution in [0.15, 0.2) is 0 Å². The van der Waals surface area contributed by atoms with Crippen molar-refractivity contribution in [2.45, 2.75) is 13.0 Å². The van der Waals surface area contributed by atoms with Gasteiger partial charge in [0.25, 0.3) is 0 Å². The average Bonchev–Trinajstić information content (AvgIpc) is 2.08. The maximum absolute atomic E-state index is 9.92. The molecule has 0 saturated carbocycles. The molecule has 1 unspecified atom stereocenters. The van der Waals surface area contributed by atoms with Gasteiger partial charge in [0.2, 0.25) is 0 Å². The van der Waals surface area contributed by atoms with Crippen LogP contribution >= 0.6 is 0 Å². The molecule has 7 heteroatoms. The second-order valence-electron chi connectivity index (χ2n) is 2.43. The van der Waals surface area contributed by atoms with Gasteiger partial charge in [-0.2, -0.15) is 0 Å². The largest absolute Gasteiger partial charge is 0.479 e. The Morgan fingerprint density at radius 2 is 1.79 bits per heavy atom. The van der Waals surface area contributed by atoms with Gasteiger partial charge in [-0.05, 0) is 6.92 Å². The van der Waals surface area contributed by atoms with Crippen molar-refractivity contribution in [3.05, 3.63) is 0 Å². The van der Waals surface area contributed by atoms with Crippen LogP contribution in [0.5, 0.6) is 0 Å². The van der Waals surface area contributed by atoms with Crippen LogP contribution in [0.3, 0.4) is 0 Å². The van der Waals surface area contributed by atoms with Gasteiger partial charge >= 0.3 is 5.97 Å². The van der Waals surface area contributed by atoms with Crippen molar-refractivity contribution in [3.8, 4) is 0 Å². The molecular weight excluding hydrogens is 196 g/mol. The Labute approximate surface area is 81.0 Å². The van der Waals surface area contributed by atoms with Gasteiger partial charge in [-0.15, -0.1) is 0 Å². The molecule has 0 rings (SSSR count). The monoisotopic (exact) mass is 210 g/mol. The van der Waals surface area contributed by atoms with Gasteiger partial charge < -0.3 is 10.2 Å². The minimum atomic E-state index is -1.11. The topological polar surface area (TPSA) is 94.5 Å². The maximum Gasteiger partial charge on any atom is 0.333 e. The van der Waals surface area contributed by atoms with Crippen molar-refractivity contribution in [1.29, 1.82) is 0 Å². The highest BCUT2D eigenvalue weighted by Gasteiger charge is 1.98. The lowest BCUT2D eigenvalue weighted by Gasteiger charge is -2.05. The van der Waals surface area contributed by atoms with Crippen molar-refractivity contribution < 1.29 is 34.6 Å². The first kappa shape index (κ1) is 13.3. The Morgan fingerprint density at radius 1 is 1.21 bits per heavy atom. The fraction of sp³-hybridized carbons (Fsp3) is 0.857. The number of carboxylic acids is 1. The van der Waals surface area contributed by atoms with Crippen molar-refractivity contribution in [1.82, 2.24) is 0 Å².